The van der Waals surface area contributed by atoms with E-state index in [1.165, 1.54) is 11.7 Å². The van der Waals surface area contributed by atoms with Crippen LogP contribution in [-0.2, 0) is 11.3 Å². The quantitative estimate of drug-likeness (QED) is 0.359. The third-order valence-electron chi connectivity index (χ3n) is 5.11. The number of aromatic nitrogens is 1. The summed E-state index contributed by atoms with van der Waals surface area (Å²) in [6, 6.07) is 21.7. The van der Waals surface area contributed by atoms with Crippen LogP contribution in [0, 0.1) is 0 Å². The molecule has 6 nitrogen and oxygen atoms in total. The number of ether oxygens (including phenoxy) is 2. The van der Waals surface area contributed by atoms with Crippen molar-refractivity contribution in [2.24, 2.45) is 0 Å². The van der Waals surface area contributed by atoms with Gasteiger partial charge in [-0.3, -0.25) is 9.36 Å². The Morgan fingerprint density at radius 1 is 1.00 bits per heavy atom. The molecule has 0 aliphatic heterocycles. The number of halogens is 1. The van der Waals surface area contributed by atoms with Crippen LogP contribution in [0.1, 0.15) is 16.1 Å². The molecule has 0 aliphatic rings. The molecule has 0 fully saturated rings. The fourth-order valence-corrected chi connectivity index (χ4v) is 4.05. The minimum absolute atomic E-state index is 0.0495. The summed E-state index contributed by atoms with van der Waals surface area (Å²) in [6.45, 7) is 0.236. The molecule has 32 heavy (non-hydrogen) atoms. The zero-order valence-electron chi connectivity index (χ0n) is 17.2. The number of hydrogen-bond acceptors (Lipinski definition) is 4. The Morgan fingerprint density at radius 3 is 2.38 bits per heavy atom. The molecule has 7 heteroatoms. The van der Waals surface area contributed by atoms with E-state index in [0.29, 0.717) is 22.1 Å². The number of pyridine rings is 1. The predicted molar refractivity (Wildman–Crippen MR) is 126 cm³/mol. The van der Waals surface area contributed by atoms with Gasteiger partial charge in [-0.05, 0) is 46.8 Å². The summed E-state index contributed by atoms with van der Waals surface area (Å²) >= 11 is 3.45. The van der Waals surface area contributed by atoms with Crippen LogP contribution in [-0.4, -0.2) is 29.5 Å². The Bertz CT molecular complexity index is 1330. The van der Waals surface area contributed by atoms with Crippen LogP contribution in [0.15, 0.2) is 82.1 Å². The maximum Gasteiger partial charge on any atom is 0.353 e. The lowest BCUT2D eigenvalue weighted by Gasteiger charge is -2.18. The van der Waals surface area contributed by atoms with E-state index in [2.05, 4.69) is 15.9 Å². The highest BCUT2D eigenvalue weighted by molar-refractivity contribution is 9.10. The lowest BCUT2D eigenvalue weighted by molar-refractivity contribution is 0.0511. The second-order valence-electron chi connectivity index (χ2n) is 7.17. The summed E-state index contributed by atoms with van der Waals surface area (Å²) in [7, 11) is 1.54. The SMILES string of the molecule is COCOc1ccc(Cn2c(C(=O)O)c(-c3ccccc3)c3cc(Br)ccc3c2=O)cc1. The van der Waals surface area contributed by atoms with E-state index in [0.717, 1.165) is 15.6 Å². The highest BCUT2D eigenvalue weighted by atomic mass is 79.9. The zero-order valence-corrected chi connectivity index (χ0v) is 18.8. The molecule has 3 aromatic carbocycles. The van der Waals surface area contributed by atoms with Crippen molar-refractivity contribution in [1.82, 2.24) is 4.57 Å². The average Bonchev–Trinajstić information content (AvgIpc) is 2.80. The van der Waals surface area contributed by atoms with Crippen LogP contribution >= 0.6 is 15.9 Å². The largest absolute Gasteiger partial charge is 0.477 e. The van der Waals surface area contributed by atoms with Crippen LogP contribution in [0.25, 0.3) is 21.9 Å². The van der Waals surface area contributed by atoms with E-state index in [9.17, 15) is 14.7 Å². The van der Waals surface area contributed by atoms with Gasteiger partial charge in [0, 0.05) is 22.5 Å². The van der Waals surface area contributed by atoms with E-state index < -0.39 is 5.97 Å². The van der Waals surface area contributed by atoms with Crippen LogP contribution in [0.3, 0.4) is 0 Å². The molecule has 1 aromatic heterocycles. The number of nitrogens with zero attached hydrogens (tertiary/aromatic N) is 1. The summed E-state index contributed by atoms with van der Waals surface area (Å²) in [5.74, 6) is -0.544. The van der Waals surface area contributed by atoms with Crippen LogP contribution in [0.4, 0.5) is 0 Å². The summed E-state index contributed by atoms with van der Waals surface area (Å²) in [6.07, 6.45) is 0. The fraction of sp³-hybridized carbons (Fsp3) is 0.120. The molecule has 0 radical (unpaired) electrons. The van der Waals surface area contributed by atoms with Gasteiger partial charge in [0.2, 0.25) is 0 Å². The predicted octanol–water partition coefficient (Wildman–Crippen LogP) is 5.16. The topological polar surface area (TPSA) is 77.8 Å². The molecule has 0 amide bonds. The van der Waals surface area contributed by atoms with Gasteiger partial charge < -0.3 is 14.6 Å². The number of carboxylic acids is 1. The number of benzene rings is 3. The van der Waals surface area contributed by atoms with Crippen molar-refractivity contribution in [2.75, 3.05) is 13.9 Å². The van der Waals surface area contributed by atoms with Gasteiger partial charge >= 0.3 is 5.97 Å². The van der Waals surface area contributed by atoms with E-state index in [-0.39, 0.29) is 24.6 Å². The second-order valence-corrected chi connectivity index (χ2v) is 8.09. The maximum absolute atomic E-state index is 13.4. The van der Waals surface area contributed by atoms with Gasteiger partial charge in [0.05, 0.1) is 6.54 Å². The van der Waals surface area contributed by atoms with Crippen molar-refractivity contribution >= 4 is 32.7 Å². The van der Waals surface area contributed by atoms with E-state index >= 15 is 0 Å². The van der Waals surface area contributed by atoms with E-state index in [4.69, 9.17) is 9.47 Å². The summed E-state index contributed by atoms with van der Waals surface area (Å²) in [4.78, 5) is 25.9. The van der Waals surface area contributed by atoms with Gasteiger partial charge in [-0.15, -0.1) is 0 Å². The van der Waals surface area contributed by atoms with Crippen LogP contribution in [0.2, 0.25) is 0 Å². The minimum Gasteiger partial charge on any atom is -0.477 e. The Hall–Kier alpha value is -3.42. The lowest BCUT2D eigenvalue weighted by atomic mass is 9.96. The number of aromatic carboxylic acids is 1. The number of methoxy groups -OCH3 is 1. The number of carbonyl (C=O) groups is 1. The number of rotatable bonds is 7. The van der Waals surface area contributed by atoms with Crippen molar-refractivity contribution in [3.8, 4) is 16.9 Å². The Balaban J connectivity index is 1.93. The standard InChI is InChI=1S/C25H20BrNO5/c1-31-15-32-19-10-7-16(8-11-19)14-27-23(25(29)30)22(17-5-3-2-4-6-17)21-13-18(26)9-12-20(21)24(27)28/h2-13H,14-15H2,1H3,(H,29,30). The van der Waals surface area contributed by atoms with Gasteiger partial charge in [-0.2, -0.15) is 0 Å². The normalized spacial score (nSPS) is 10.9. The zero-order chi connectivity index (χ0) is 22.7. The summed E-state index contributed by atoms with van der Waals surface area (Å²) in [5, 5.41) is 11.2. The molecule has 0 unspecified atom stereocenters. The molecule has 0 bridgehead atoms. The first-order valence-corrected chi connectivity index (χ1v) is 10.6. The molecule has 4 rings (SSSR count). The highest BCUT2D eigenvalue weighted by Crippen LogP contribution is 2.33. The first-order valence-electron chi connectivity index (χ1n) is 9.85. The van der Waals surface area contributed by atoms with Gasteiger partial charge in [-0.25, -0.2) is 4.79 Å². The molecule has 0 aliphatic carbocycles. The second kappa shape index (κ2) is 9.38. The first kappa shape index (κ1) is 21.8. The van der Waals surface area contributed by atoms with Gasteiger partial charge in [0.15, 0.2) is 6.79 Å². The molecular formula is C25H20BrNO5. The van der Waals surface area contributed by atoms with Gasteiger partial charge in [-0.1, -0.05) is 58.4 Å². The highest BCUT2D eigenvalue weighted by Gasteiger charge is 2.23. The molecule has 0 atom stereocenters. The number of fused-ring (bicyclic) bond motifs is 1. The van der Waals surface area contributed by atoms with Crippen molar-refractivity contribution < 1.29 is 19.4 Å². The lowest BCUT2D eigenvalue weighted by Crippen LogP contribution is -2.28. The third kappa shape index (κ3) is 4.30. The average molecular weight is 494 g/mol. The Kier molecular flexibility index (Phi) is 6.39. The Morgan fingerprint density at radius 2 is 1.72 bits per heavy atom. The maximum atomic E-state index is 13.4. The van der Waals surface area contributed by atoms with Crippen molar-refractivity contribution in [3.05, 3.63) is 98.9 Å². The summed E-state index contributed by atoms with van der Waals surface area (Å²) < 4.78 is 12.4. The number of hydrogen-bond donors (Lipinski definition) is 1. The molecule has 4 aromatic rings. The van der Waals surface area contributed by atoms with Crippen molar-refractivity contribution in [3.63, 3.8) is 0 Å². The van der Waals surface area contributed by atoms with E-state index in [1.54, 1.807) is 42.5 Å². The number of carboxylic acid groups (broad SMARTS) is 1. The fourth-order valence-electron chi connectivity index (χ4n) is 3.69. The molecule has 1 N–H and O–H groups in total. The monoisotopic (exact) mass is 493 g/mol. The summed E-state index contributed by atoms with van der Waals surface area (Å²) in [5.41, 5.74) is 1.60. The molecule has 0 saturated heterocycles. The molecular weight excluding hydrogens is 474 g/mol. The van der Waals surface area contributed by atoms with Crippen molar-refractivity contribution in [1.29, 1.82) is 0 Å². The molecule has 0 saturated carbocycles. The third-order valence-corrected chi connectivity index (χ3v) is 5.60. The van der Waals surface area contributed by atoms with Gasteiger partial charge in [0.25, 0.3) is 5.56 Å². The van der Waals surface area contributed by atoms with E-state index in [1.807, 2.05) is 30.3 Å². The first-order chi connectivity index (χ1) is 15.5. The minimum atomic E-state index is -1.16. The Labute approximate surface area is 192 Å². The van der Waals surface area contributed by atoms with Crippen molar-refractivity contribution in [2.45, 2.75) is 6.54 Å². The van der Waals surface area contributed by atoms with Crippen LogP contribution in [0.5, 0.6) is 5.75 Å². The van der Waals surface area contributed by atoms with Gasteiger partial charge in [0.1, 0.15) is 11.4 Å². The molecule has 1 heterocycles. The molecule has 0 spiro atoms. The molecule has 162 valence electrons. The van der Waals surface area contributed by atoms with Crippen LogP contribution < -0.4 is 10.3 Å². The smallest absolute Gasteiger partial charge is 0.353 e.